The van der Waals surface area contributed by atoms with Crippen molar-refractivity contribution in [3.05, 3.63) is 142 Å². The average Bonchev–Trinajstić information content (AvgIpc) is 1.47. The number of thiocarbonyl (C=S) groups is 1. The molecule has 3 aliphatic rings. The number of carboxylic acid groups (broad SMARTS) is 1. The van der Waals surface area contributed by atoms with Crippen molar-refractivity contribution in [1.82, 2.24) is 51.7 Å². The number of rotatable bonds is 32. The van der Waals surface area contributed by atoms with E-state index in [4.69, 9.17) is 32.4 Å². The number of carboxylic acids is 1. The minimum Gasteiger partial charge on any atom is -0.481 e. The number of pyridine rings is 2. The number of carbonyl (C=O) groups excluding carboxylic acids is 10. The maximum absolute atomic E-state index is 14.5. The van der Waals surface area contributed by atoms with E-state index in [1.165, 1.54) is 53.1 Å². The number of nitrogens with zero attached hydrogens (tertiary/aromatic N) is 3. The first kappa shape index (κ1) is 80.5. The molecule has 2 aromatic heterocycles. The van der Waals surface area contributed by atoms with Crippen LogP contribution in [0.5, 0.6) is 0 Å². The number of aliphatic carboxylic acids is 1. The number of urea groups is 2. The highest BCUT2D eigenvalue weighted by Gasteiger charge is 2.52. The van der Waals surface area contributed by atoms with Gasteiger partial charge in [0.15, 0.2) is 5.11 Å². The van der Waals surface area contributed by atoms with Crippen molar-refractivity contribution in [3.63, 3.8) is 0 Å². The molecule has 108 heavy (non-hydrogen) atoms. The van der Waals surface area contributed by atoms with Crippen LogP contribution in [0.4, 0.5) is 32.3 Å². The number of para-hydroxylation sites is 1. The first-order chi connectivity index (χ1) is 51.4. The molecule has 32 nitrogen and oxygen atoms in total. The quantitative estimate of drug-likeness (QED) is 0.0180. The molecule has 3 aliphatic heterocycles. The summed E-state index contributed by atoms with van der Waals surface area (Å²) < 4.78 is 42.5. The molecule has 574 valence electrons. The number of aromatic nitrogens is 2. The summed E-state index contributed by atoms with van der Waals surface area (Å²) in [5.41, 5.74) is 6.81. The van der Waals surface area contributed by atoms with Crippen LogP contribution in [-0.4, -0.2) is 148 Å². The number of likely N-dealkylation sites (tertiary alicyclic amines) is 1. The predicted octanol–water partition coefficient (Wildman–Crippen LogP) is 5.59. The number of nitrogens with one attached hydrogen (secondary N) is 11. The molecule has 4 aromatic carbocycles. The van der Waals surface area contributed by atoms with Gasteiger partial charge >= 0.3 is 30.0 Å². The topological polar surface area (TPSA) is 457 Å². The molecule has 7 atom stereocenters. The van der Waals surface area contributed by atoms with Gasteiger partial charge in [-0.05, 0) is 141 Å². The summed E-state index contributed by atoms with van der Waals surface area (Å²) in [7, 11) is -4.22. The number of anilines is 4. The second kappa shape index (κ2) is 35.7. The van der Waals surface area contributed by atoms with Crippen LogP contribution in [0.1, 0.15) is 135 Å². The number of ether oxygens (including phenoxy) is 2. The van der Waals surface area contributed by atoms with Crippen LogP contribution in [0.25, 0.3) is 22.3 Å². The fourth-order valence-electron chi connectivity index (χ4n) is 12.9. The Bertz CT molecular complexity index is 4650. The van der Waals surface area contributed by atoms with Crippen molar-refractivity contribution in [2.45, 2.75) is 166 Å². The van der Waals surface area contributed by atoms with Crippen LogP contribution < -0.4 is 69.2 Å². The molecular weight excluding hydrogens is 1440 g/mol. The molecule has 0 bridgehead atoms. The highest BCUT2D eigenvalue weighted by Crippen LogP contribution is 2.42. The van der Waals surface area contributed by atoms with E-state index in [0.717, 1.165) is 10.9 Å². The fourth-order valence-corrected chi connectivity index (χ4v) is 14.3. The van der Waals surface area contributed by atoms with Crippen LogP contribution in [0.15, 0.2) is 119 Å². The smallest absolute Gasteiger partial charge is 0.355 e. The normalized spacial score (nSPS) is 16.3. The van der Waals surface area contributed by atoms with E-state index < -0.39 is 155 Å². The third kappa shape index (κ3) is 19.9. The van der Waals surface area contributed by atoms with Gasteiger partial charge in [0.1, 0.15) is 36.8 Å². The van der Waals surface area contributed by atoms with Crippen LogP contribution in [0.2, 0.25) is 0 Å². The molecule has 9 rings (SSSR count). The van der Waals surface area contributed by atoms with Gasteiger partial charge in [-0.2, -0.15) is 0 Å². The number of hydrogen-bond acceptors (Lipinski definition) is 18. The number of benzene rings is 4. The van der Waals surface area contributed by atoms with Gasteiger partial charge in [-0.1, -0.05) is 91.3 Å². The summed E-state index contributed by atoms with van der Waals surface area (Å²) >= 11 is 5.78. The van der Waals surface area contributed by atoms with Crippen molar-refractivity contribution >= 4 is 126 Å². The van der Waals surface area contributed by atoms with Gasteiger partial charge in [0.05, 0.1) is 59.3 Å². The van der Waals surface area contributed by atoms with Crippen LogP contribution >= 0.6 is 12.2 Å². The summed E-state index contributed by atoms with van der Waals surface area (Å²) in [6.45, 7) is 11.9. The standard InChI is InChI=1S/C74H89N15O17S2/c1-8-16-53(65(95)83-56(35-59(75)90)66(96)86-62(41(6)7)69(99)106-74(10-3)51-34-58-63-44(31-42-17-11-12-22-52(42)82-63)38-89(58)68(98)50(51)39-105-70(74)100)81-60(91)37-77-64(94)55(30-40(4)5)84-67(97)57-23-15-29-88(57)73(107)80-46-26-24-45(25-27-46)78-72(102)85-54(36-61(92)93)43-18-13-20-48(32-43)87-108(103,104)49-21-14-19-47(33-49)79-71(101)76-28-9-2/h11-14,17-22,24-27,31-34,40-41,53-57,62,87H,8-10,15-16,23,28-30,35-39H2,1-7H3,(H2,75,90)(H,77,94)(H,80,107)(H,81,91)(H,83,95)(H,84,97)(H,86,96)(H,92,93)(H2,76,79,101)(H2,78,85,102)/t53-,54?,55+,56-,57-,62-,74-/m1/s1. The number of fused-ring (bicyclic) bond motifs is 5. The third-order valence-electron chi connectivity index (χ3n) is 18.3. The Morgan fingerprint density at radius 2 is 1.43 bits per heavy atom. The molecule has 14 N–H and O–H groups in total. The molecule has 1 fully saturated rings. The van der Waals surface area contributed by atoms with E-state index in [2.05, 4.69) is 57.9 Å². The van der Waals surface area contributed by atoms with Crippen molar-refractivity contribution in [1.29, 1.82) is 0 Å². The number of amides is 10. The molecule has 34 heteroatoms. The van der Waals surface area contributed by atoms with Crippen LogP contribution in [0, 0.1) is 11.8 Å². The maximum atomic E-state index is 14.5. The van der Waals surface area contributed by atoms with E-state index in [1.54, 1.807) is 62.9 Å². The lowest BCUT2D eigenvalue weighted by Crippen LogP contribution is -2.59. The molecule has 5 heterocycles. The zero-order chi connectivity index (χ0) is 78.3. The summed E-state index contributed by atoms with van der Waals surface area (Å²) in [5, 5.41) is 37.4. The van der Waals surface area contributed by atoms with Gasteiger partial charge in [0.25, 0.3) is 15.6 Å². The molecule has 1 saturated heterocycles. The Labute approximate surface area is 628 Å². The molecule has 1 unspecified atom stereocenters. The van der Waals surface area contributed by atoms with Gasteiger partial charge in [0.2, 0.25) is 41.0 Å². The second-order valence-corrected chi connectivity index (χ2v) is 29.3. The van der Waals surface area contributed by atoms with Crippen LogP contribution in [-0.2, 0) is 81.4 Å². The van der Waals surface area contributed by atoms with Gasteiger partial charge in [0, 0.05) is 52.4 Å². The number of hydrogen-bond donors (Lipinski definition) is 13. The fraction of sp³-hybridized carbons (Fsp3) is 0.405. The molecule has 6 aromatic rings. The van der Waals surface area contributed by atoms with Crippen LogP contribution in [0.3, 0.4) is 0 Å². The first-order valence-corrected chi connectivity index (χ1v) is 37.4. The largest absolute Gasteiger partial charge is 0.481 e. The number of nitrogens with two attached hydrogens (primary N) is 1. The Morgan fingerprint density at radius 1 is 0.731 bits per heavy atom. The maximum Gasteiger partial charge on any atom is 0.355 e. The zero-order valence-corrected chi connectivity index (χ0v) is 62.3. The third-order valence-corrected chi connectivity index (χ3v) is 20.0. The molecule has 0 saturated carbocycles. The van der Waals surface area contributed by atoms with E-state index in [-0.39, 0.29) is 75.5 Å². The highest BCUT2D eigenvalue weighted by molar-refractivity contribution is 7.92. The molecule has 0 spiro atoms. The predicted molar refractivity (Wildman–Crippen MR) is 403 cm³/mol. The van der Waals surface area contributed by atoms with Gasteiger partial charge < -0.3 is 82.9 Å². The van der Waals surface area contributed by atoms with Crippen molar-refractivity contribution in [3.8, 4) is 11.4 Å². The van der Waals surface area contributed by atoms with E-state index >= 15 is 0 Å². The first-order valence-electron chi connectivity index (χ1n) is 35.5. The monoisotopic (exact) mass is 1520 g/mol. The summed E-state index contributed by atoms with van der Waals surface area (Å²) in [6, 6.07) is 19.8. The number of esters is 2. The minimum atomic E-state index is -4.22. The van der Waals surface area contributed by atoms with Crippen molar-refractivity contribution in [2.75, 3.05) is 40.3 Å². The lowest BCUT2D eigenvalue weighted by Gasteiger charge is -2.37. The van der Waals surface area contributed by atoms with E-state index in [9.17, 15) is 71.1 Å². The average molecular weight is 1520 g/mol. The van der Waals surface area contributed by atoms with Crippen molar-refractivity contribution < 1.29 is 75.7 Å². The minimum absolute atomic E-state index is 0.0118. The SMILES string of the molecule is CCCNC(=O)Nc1cccc(S(=O)(=O)Nc2cccc(C(CC(=O)O)NC(=O)Nc3ccc(NC(=S)N4CCC[C@@H]4C(=O)N[C@@H](CC(C)C)C(=O)NCC(=O)N[C@H](CCC)C(=O)N[C@H](CC(N)=O)C(=O)N[C@@H](C(=O)O[C@@]4(CC)C(=O)OCc5c4cc4n(c5=O)Cc5cc6ccccc6nc5-4)C(C)C)cc3)c2)c1. The molecule has 10 amide bonds. The number of carbonyl (C=O) groups is 11. The molecular formula is C74H89N15O17S2. The number of cyclic esters (lactones) is 1. The van der Waals surface area contributed by atoms with E-state index in [1.807, 2.05) is 51.1 Å². The molecule has 0 radical (unpaired) electrons. The second-order valence-electron chi connectivity index (χ2n) is 27.2. The zero-order valence-electron chi connectivity index (χ0n) is 60.6. The summed E-state index contributed by atoms with van der Waals surface area (Å²) in [5.74, 6) is -9.25. The van der Waals surface area contributed by atoms with Gasteiger partial charge in [-0.15, -0.1) is 0 Å². The lowest BCUT2D eigenvalue weighted by molar-refractivity contribution is -0.191. The van der Waals surface area contributed by atoms with Crippen molar-refractivity contribution in [2.24, 2.45) is 17.6 Å². The highest BCUT2D eigenvalue weighted by atomic mass is 32.2. The lowest BCUT2D eigenvalue weighted by atomic mass is 9.85. The Balaban J connectivity index is 0.766. The molecule has 0 aliphatic carbocycles. The Morgan fingerprint density at radius 3 is 2.11 bits per heavy atom. The summed E-state index contributed by atoms with van der Waals surface area (Å²) in [4.78, 5) is 169. The number of sulfonamides is 1. The van der Waals surface area contributed by atoms with Gasteiger partial charge in [-0.3, -0.25) is 43.1 Å². The summed E-state index contributed by atoms with van der Waals surface area (Å²) in [6.07, 6.45) is 0.571. The van der Waals surface area contributed by atoms with E-state index in [0.29, 0.717) is 61.4 Å². The Hall–Kier alpha value is -11.6. The number of primary amides is 1. The Kier molecular flexibility index (Phi) is 26.6. The van der Waals surface area contributed by atoms with Gasteiger partial charge in [-0.25, -0.2) is 32.6 Å².